The second-order valence-corrected chi connectivity index (χ2v) is 7.92. The van der Waals surface area contributed by atoms with Crippen molar-refractivity contribution in [3.8, 4) is 0 Å². The van der Waals surface area contributed by atoms with Crippen LogP contribution in [0.2, 0.25) is 0 Å². The minimum atomic E-state index is 0.0289. The van der Waals surface area contributed by atoms with Gasteiger partial charge in [-0.25, -0.2) is 9.97 Å². The highest BCUT2D eigenvalue weighted by Gasteiger charge is 2.27. The number of nitrogens with one attached hydrogen (secondary N) is 1. The smallest absolute Gasteiger partial charge is 0.261 e. The average molecular weight is 372 g/mol. The summed E-state index contributed by atoms with van der Waals surface area (Å²) in [5.74, 6) is 1.27. The first-order chi connectivity index (χ1) is 12.7. The highest BCUT2D eigenvalue weighted by molar-refractivity contribution is 7.12. The molecule has 6 nitrogen and oxygen atoms in total. The van der Waals surface area contributed by atoms with Crippen molar-refractivity contribution in [2.24, 2.45) is 0 Å². The maximum Gasteiger partial charge on any atom is 0.261 e. The van der Waals surface area contributed by atoms with Crippen LogP contribution in [-0.4, -0.2) is 48.2 Å². The number of thiophene rings is 1. The second-order valence-electron chi connectivity index (χ2n) is 7.01. The van der Waals surface area contributed by atoms with Gasteiger partial charge in [0.15, 0.2) is 0 Å². The second kappa shape index (κ2) is 7.72. The van der Waals surface area contributed by atoms with E-state index >= 15 is 0 Å². The van der Waals surface area contributed by atoms with Gasteiger partial charge in [-0.1, -0.05) is 0 Å². The monoisotopic (exact) mass is 372 g/mol. The van der Waals surface area contributed by atoms with E-state index in [-0.39, 0.29) is 11.9 Å². The summed E-state index contributed by atoms with van der Waals surface area (Å²) in [6.45, 7) is 5.22. The molecule has 0 aliphatic carbocycles. The lowest BCUT2D eigenvalue weighted by molar-refractivity contribution is 0.0845. The number of aryl methyl sites for hydroxylation is 1. The van der Waals surface area contributed by atoms with Crippen molar-refractivity contribution < 1.29 is 9.53 Å². The molecule has 0 spiro atoms. The summed E-state index contributed by atoms with van der Waals surface area (Å²) >= 11 is 1.50. The summed E-state index contributed by atoms with van der Waals surface area (Å²) in [7, 11) is 0. The molecule has 2 aliphatic rings. The first kappa shape index (κ1) is 17.4. The predicted octanol–water partition coefficient (Wildman–Crippen LogP) is 2.75. The number of aromatic nitrogens is 2. The summed E-state index contributed by atoms with van der Waals surface area (Å²) in [4.78, 5) is 24.7. The van der Waals surface area contributed by atoms with Crippen LogP contribution in [0.5, 0.6) is 0 Å². The fourth-order valence-corrected chi connectivity index (χ4v) is 4.48. The number of hydrogen-bond acceptors (Lipinski definition) is 6. The van der Waals surface area contributed by atoms with Gasteiger partial charge in [0.05, 0.1) is 4.88 Å². The molecule has 2 aromatic rings. The fourth-order valence-electron chi connectivity index (χ4n) is 3.65. The van der Waals surface area contributed by atoms with Crippen LogP contribution in [0.25, 0.3) is 0 Å². The van der Waals surface area contributed by atoms with Crippen LogP contribution in [0, 0.1) is 6.92 Å². The maximum absolute atomic E-state index is 12.4. The Hall–Kier alpha value is -1.99. The molecule has 2 aromatic heterocycles. The summed E-state index contributed by atoms with van der Waals surface area (Å²) < 4.78 is 5.45. The van der Waals surface area contributed by atoms with Gasteiger partial charge in [-0.2, -0.15) is 0 Å². The molecule has 0 radical (unpaired) electrons. The average Bonchev–Trinajstić information content (AvgIpc) is 3.31. The van der Waals surface area contributed by atoms with Crippen molar-refractivity contribution in [3.63, 3.8) is 0 Å². The van der Waals surface area contributed by atoms with Crippen molar-refractivity contribution >= 4 is 23.2 Å². The van der Waals surface area contributed by atoms with E-state index in [0.717, 1.165) is 67.6 Å². The first-order valence-electron chi connectivity index (χ1n) is 9.21. The SMILES string of the molecule is Cc1ccsc1C(=O)NC1CCN(c2nccc(C3CCOCC3)n2)C1. The highest BCUT2D eigenvalue weighted by atomic mass is 32.1. The van der Waals surface area contributed by atoms with E-state index < -0.39 is 0 Å². The van der Waals surface area contributed by atoms with Crippen molar-refractivity contribution in [1.29, 1.82) is 0 Å². The quantitative estimate of drug-likeness (QED) is 0.894. The zero-order valence-corrected chi connectivity index (χ0v) is 15.8. The van der Waals surface area contributed by atoms with Gasteiger partial charge in [0.2, 0.25) is 5.95 Å². The van der Waals surface area contributed by atoms with Gasteiger partial charge in [-0.3, -0.25) is 4.79 Å². The van der Waals surface area contributed by atoms with E-state index in [4.69, 9.17) is 9.72 Å². The van der Waals surface area contributed by atoms with Crippen molar-refractivity contribution in [2.45, 2.75) is 38.1 Å². The van der Waals surface area contributed by atoms with Crippen LogP contribution in [0.3, 0.4) is 0 Å². The fraction of sp³-hybridized carbons (Fsp3) is 0.526. The van der Waals surface area contributed by atoms with Crippen molar-refractivity contribution in [3.05, 3.63) is 39.8 Å². The van der Waals surface area contributed by atoms with Crippen LogP contribution < -0.4 is 10.2 Å². The van der Waals surface area contributed by atoms with E-state index in [1.54, 1.807) is 0 Å². The van der Waals surface area contributed by atoms with E-state index in [0.29, 0.717) is 5.92 Å². The van der Waals surface area contributed by atoms with Gasteiger partial charge in [-0.05, 0) is 49.3 Å². The van der Waals surface area contributed by atoms with E-state index in [1.807, 2.05) is 30.6 Å². The Morgan fingerprint density at radius 3 is 2.92 bits per heavy atom. The van der Waals surface area contributed by atoms with Crippen LogP contribution in [0.15, 0.2) is 23.7 Å². The Balaban J connectivity index is 1.39. The molecule has 2 fully saturated rings. The van der Waals surface area contributed by atoms with Crippen LogP contribution in [0.4, 0.5) is 5.95 Å². The molecule has 138 valence electrons. The van der Waals surface area contributed by atoms with Gasteiger partial charge < -0.3 is 15.0 Å². The standard InChI is InChI=1S/C19H24N4O2S/c1-13-6-11-26-17(13)18(24)21-15-3-8-23(12-15)19-20-7-2-16(22-19)14-4-9-25-10-5-14/h2,6-7,11,14-15H,3-5,8-10,12H2,1H3,(H,21,24). The summed E-state index contributed by atoms with van der Waals surface area (Å²) in [5, 5.41) is 5.12. The van der Waals surface area contributed by atoms with E-state index in [2.05, 4.69) is 15.2 Å². The summed E-state index contributed by atoms with van der Waals surface area (Å²) in [5.41, 5.74) is 2.15. The van der Waals surface area contributed by atoms with Crippen LogP contribution in [-0.2, 0) is 4.74 Å². The lowest BCUT2D eigenvalue weighted by atomic mass is 9.96. The highest BCUT2D eigenvalue weighted by Crippen LogP contribution is 2.27. The predicted molar refractivity (Wildman–Crippen MR) is 102 cm³/mol. The number of rotatable bonds is 4. The largest absolute Gasteiger partial charge is 0.381 e. The third kappa shape index (κ3) is 3.73. The topological polar surface area (TPSA) is 67.4 Å². The molecule has 0 bridgehead atoms. The summed E-state index contributed by atoms with van der Waals surface area (Å²) in [6.07, 6.45) is 4.82. The third-order valence-electron chi connectivity index (χ3n) is 5.18. The molecule has 1 amide bonds. The van der Waals surface area contributed by atoms with Gasteiger partial charge in [0.25, 0.3) is 5.91 Å². The Morgan fingerprint density at radius 2 is 2.15 bits per heavy atom. The summed E-state index contributed by atoms with van der Waals surface area (Å²) in [6, 6.07) is 4.14. The van der Waals surface area contributed by atoms with Crippen LogP contribution in [0.1, 0.15) is 46.1 Å². The molecule has 4 heterocycles. The molecule has 26 heavy (non-hydrogen) atoms. The number of amides is 1. The van der Waals surface area contributed by atoms with Gasteiger partial charge >= 0.3 is 0 Å². The number of hydrogen-bond donors (Lipinski definition) is 1. The number of carbonyl (C=O) groups excluding carboxylic acids is 1. The van der Waals surface area contributed by atoms with Crippen molar-refractivity contribution in [1.82, 2.24) is 15.3 Å². The van der Waals surface area contributed by atoms with Gasteiger partial charge in [0.1, 0.15) is 0 Å². The molecular formula is C19H24N4O2S. The molecule has 4 rings (SSSR count). The molecule has 2 saturated heterocycles. The Morgan fingerprint density at radius 1 is 1.31 bits per heavy atom. The molecule has 0 saturated carbocycles. The Labute approximate surface area is 157 Å². The lowest BCUT2D eigenvalue weighted by Crippen LogP contribution is -2.37. The normalized spacial score (nSPS) is 21.1. The molecule has 2 aliphatic heterocycles. The maximum atomic E-state index is 12.4. The minimum absolute atomic E-state index is 0.0289. The zero-order valence-electron chi connectivity index (χ0n) is 15.0. The third-order valence-corrected chi connectivity index (χ3v) is 6.19. The number of carbonyl (C=O) groups is 1. The van der Waals surface area contributed by atoms with Crippen LogP contribution >= 0.6 is 11.3 Å². The molecule has 1 N–H and O–H groups in total. The van der Waals surface area contributed by atoms with E-state index in [9.17, 15) is 4.79 Å². The first-order valence-corrected chi connectivity index (χ1v) is 10.1. The molecule has 1 atom stereocenters. The molecule has 0 aromatic carbocycles. The molecule has 1 unspecified atom stereocenters. The number of ether oxygens (including phenoxy) is 1. The number of nitrogens with zero attached hydrogens (tertiary/aromatic N) is 3. The van der Waals surface area contributed by atoms with Gasteiger partial charge in [0, 0.05) is 50.2 Å². The van der Waals surface area contributed by atoms with Gasteiger partial charge in [-0.15, -0.1) is 11.3 Å². The van der Waals surface area contributed by atoms with Crippen molar-refractivity contribution in [2.75, 3.05) is 31.2 Å². The van der Waals surface area contributed by atoms with E-state index in [1.165, 1.54) is 11.3 Å². The number of anilines is 1. The Bertz CT molecular complexity index is 772. The lowest BCUT2D eigenvalue weighted by Gasteiger charge is -2.23. The Kier molecular flexibility index (Phi) is 5.17. The minimum Gasteiger partial charge on any atom is -0.381 e. The zero-order chi connectivity index (χ0) is 17.9. The molecule has 7 heteroatoms. The molecular weight excluding hydrogens is 348 g/mol.